The van der Waals surface area contributed by atoms with Crippen LogP contribution >= 0.6 is 0 Å². The zero-order valence-electron chi connectivity index (χ0n) is 17.3. The van der Waals surface area contributed by atoms with Gasteiger partial charge < -0.3 is 25.5 Å². The number of carbonyl (C=O) groups excluding carboxylic acids is 1. The Morgan fingerprint density at radius 2 is 2.00 bits per heavy atom. The molecular weight excluding hydrogens is 371 g/mol. The first kappa shape index (κ1) is 21.1. The second-order valence-electron chi connectivity index (χ2n) is 7.87. The van der Waals surface area contributed by atoms with Crippen LogP contribution < -0.4 is 15.5 Å². The minimum Gasteiger partial charge on any atom is -0.390 e. The Hall–Kier alpha value is -2.64. The molecule has 3 atom stereocenters. The zero-order valence-corrected chi connectivity index (χ0v) is 17.3. The summed E-state index contributed by atoms with van der Waals surface area (Å²) in [5.74, 6) is -0.555. The third-order valence-electron chi connectivity index (χ3n) is 5.37. The molecule has 0 spiro atoms. The fourth-order valence-electron chi connectivity index (χ4n) is 3.57. The number of aliphatic hydroxyl groups excluding tert-OH is 1. The molecule has 2 aromatic rings. The second kappa shape index (κ2) is 8.80. The van der Waals surface area contributed by atoms with Crippen molar-refractivity contribution in [3.05, 3.63) is 53.8 Å². The van der Waals surface area contributed by atoms with Gasteiger partial charge >= 0.3 is 0 Å². The summed E-state index contributed by atoms with van der Waals surface area (Å²) in [6, 6.07) is 11.6. The van der Waals surface area contributed by atoms with Crippen molar-refractivity contribution in [3.63, 3.8) is 0 Å². The number of carbonyl (C=O) groups is 1. The van der Waals surface area contributed by atoms with Gasteiger partial charge in [-0.25, -0.2) is 4.39 Å². The molecule has 29 heavy (non-hydrogen) atoms. The van der Waals surface area contributed by atoms with Gasteiger partial charge in [-0.3, -0.25) is 4.79 Å². The molecule has 7 heteroatoms. The highest BCUT2D eigenvalue weighted by Gasteiger charge is 2.32. The van der Waals surface area contributed by atoms with Crippen molar-refractivity contribution in [1.82, 2.24) is 4.90 Å². The van der Waals surface area contributed by atoms with Crippen LogP contribution in [0.25, 0.3) is 0 Å². The van der Waals surface area contributed by atoms with E-state index in [0.29, 0.717) is 17.9 Å². The molecule has 3 N–H and O–H groups in total. The Morgan fingerprint density at radius 3 is 2.69 bits per heavy atom. The van der Waals surface area contributed by atoms with Crippen LogP contribution in [0.3, 0.4) is 0 Å². The van der Waals surface area contributed by atoms with E-state index in [4.69, 9.17) is 0 Å². The first-order valence-electron chi connectivity index (χ1n) is 9.77. The van der Waals surface area contributed by atoms with Gasteiger partial charge in [0.2, 0.25) is 5.91 Å². The SMILES string of the molecule is Cc1ccc(F)cc1NC(C)C(=O)Nc1cccc(N2C[C@@H](O)[C@H](N(C)C)C2)c1. The first-order chi connectivity index (χ1) is 13.7. The van der Waals surface area contributed by atoms with Crippen molar-refractivity contribution in [2.45, 2.75) is 32.0 Å². The molecule has 1 fully saturated rings. The average molecular weight is 400 g/mol. The lowest BCUT2D eigenvalue weighted by Crippen LogP contribution is -2.38. The van der Waals surface area contributed by atoms with Crippen molar-refractivity contribution >= 4 is 23.0 Å². The van der Waals surface area contributed by atoms with Gasteiger partial charge in [-0.15, -0.1) is 0 Å². The molecule has 6 nitrogen and oxygen atoms in total. The van der Waals surface area contributed by atoms with Gasteiger partial charge in [0, 0.05) is 30.2 Å². The third kappa shape index (κ3) is 5.05. The van der Waals surface area contributed by atoms with Crippen molar-refractivity contribution in [1.29, 1.82) is 0 Å². The average Bonchev–Trinajstić information content (AvgIpc) is 3.07. The molecule has 0 aliphatic carbocycles. The van der Waals surface area contributed by atoms with Crippen molar-refractivity contribution < 1.29 is 14.3 Å². The summed E-state index contributed by atoms with van der Waals surface area (Å²) in [4.78, 5) is 16.8. The Morgan fingerprint density at radius 1 is 1.24 bits per heavy atom. The molecule has 1 aliphatic rings. The number of nitrogens with zero attached hydrogens (tertiary/aromatic N) is 2. The monoisotopic (exact) mass is 400 g/mol. The number of rotatable bonds is 6. The van der Waals surface area contributed by atoms with E-state index in [1.54, 1.807) is 13.0 Å². The summed E-state index contributed by atoms with van der Waals surface area (Å²) in [6.45, 7) is 4.88. The number of β-amino-alcohol motifs (C(OH)–C–C–N with tert-alkyl or cyclic N) is 1. The molecule has 0 aromatic heterocycles. The third-order valence-corrected chi connectivity index (χ3v) is 5.37. The van der Waals surface area contributed by atoms with E-state index in [1.165, 1.54) is 12.1 Å². The molecule has 0 radical (unpaired) electrons. The van der Waals surface area contributed by atoms with E-state index >= 15 is 0 Å². The number of aliphatic hydroxyl groups is 1. The summed E-state index contributed by atoms with van der Waals surface area (Å²) in [5.41, 5.74) is 3.10. The summed E-state index contributed by atoms with van der Waals surface area (Å²) >= 11 is 0. The largest absolute Gasteiger partial charge is 0.390 e. The summed E-state index contributed by atoms with van der Waals surface area (Å²) in [6.07, 6.45) is -0.415. The fourth-order valence-corrected chi connectivity index (χ4v) is 3.57. The maximum atomic E-state index is 13.5. The maximum Gasteiger partial charge on any atom is 0.246 e. The van der Waals surface area contributed by atoms with Gasteiger partial charge in [-0.2, -0.15) is 0 Å². The number of halogens is 1. The highest BCUT2D eigenvalue weighted by atomic mass is 19.1. The van der Waals surface area contributed by atoms with E-state index in [0.717, 1.165) is 17.8 Å². The molecule has 1 amide bonds. The molecule has 0 bridgehead atoms. The number of hydrogen-bond donors (Lipinski definition) is 3. The maximum absolute atomic E-state index is 13.5. The number of benzene rings is 2. The molecule has 1 saturated heterocycles. The van der Waals surface area contributed by atoms with Gasteiger partial charge in [-0.05, 0) is 63.8 Å². The molecule has 156 valence electrons. The molecule has 2 aromatic carbocycles. The van der Waals surface area contributed by atoms with E-state index in [2.05, 4.69) is 15.5 Å². The first-order valence-corrected chi connectivity index (χ1v) is 9.77. The Labute approximate surface area is 171 Å². The van der Waals surface area contributed by atoms with E-state index in [9.17, 15) is 14.3 Å². The van der Waals surface area contributed by atoms with Gasteiger partial charge in [0.1, 0.15) is 11.9 Å². The number of amides is 1. The number of hydrogen-bond acceptors (Lipinski definition) is 5. The number of nitrogens with one attached hydrogen (secondary N) is 2. The van der Waals surface area contributed by atoms with Crippen LogP contribution in [0.4, 0.5) is 21.5 Å². The molecular formula is C22H29FN4O2. The van der Waals surface area contributed by atoms with Crippen molar-refractivity contribution in [2.24, 2.45) is 0 Å². The van der Waals surface area contributed by atoms with Crippen LogP contribution in [0.5, 0.6) is 0 Å². The predicted molar refractivity (Wildman–Crippen MR) is 115 cm³/mol. The Balaban J connectivity index is 1.65. The van der Waals surface area contributed by atoms with Crippen molar-refractivity contribution in [3.8, 4) is 0 Å². The van der Waals surface area contributed by atoms with Crippen LogP contribution in [0.2, 0.25) is 0 Å². The summed E-state index contributed by atoms with van der Waals surface area (Å²) < 4.78 is 13.5. The number of aryl methyl sites for hydroxylation is 1. The summed E-state index contributed by atoms with van der Waals surface area (Å²) in [5, 5.41) is 16.2. The van der Waals surface area contributed by atoms with Crippen LogP contribution in [-0.4, -0.2) is 61.3 Å². The quantitative estimate of drug-likeness (QED) is 0.696. The second-order valence-corrected chi connectivity index (χ2v) is 7.87. The lowest BCUT2D eigenvalue weighted by molar-refractivity contribution is -0.116. The highest BCUT2D eigenvalue weighted by molar-refractivity contribution is 5.96. The van der Waals surface area contributed by atoms with Crippen molar-refractivity contribution in [2.75, 3.05) is 42.7 Å². The lowest BCUT2D eigenvalue weighted by Gasteiger charge is -2.22. The van der Waals surface area contributed by atoms with Gasteiger partial charge in [0.05, 0.1) is 12.1 Å². The van der Waals surface area contributed by atoms with Crippen LogP contribution in [0.1, 0.15) is 12.5 Å². The Bertz CT molecular complexity index is 874. The molecule has 1 unspecified atom stereocenters. The molecule has 1 heterocycles. The zero-order chi connectivity index (χ0) is 21.1. The molecule has 1 aliphatic heterocycles. The van der Waals surface area contributed by atoms with E-state index < -0.39 is 12.1 Å². The lowest BCUT2D eigenvalue weighted by atomic mass is 10.1. The van der Waals surface area contributed by atoms with Gasteiger partial charge in [0.25, 0.3) is 0 Å². The normalized spacial score (nSPS) is 20.0. The van der Waals surface area contributed by atoms with Gasteiger partial charge in [-0.1, -0.05) is 12.1 Å². The smallest absolute Gasteiger partial charge is 0.246 e. The van der Waals surface area contributed by atoms with Gasteiger partial charge in [0.15, 0.2) is 0 Å². The van der Waals surface area contributed by atoms with E-state index in [-0.39, 0.29) is 17.8 Å². The molecule has 0 saturated carbocycles. The van der Waals surface area contributed by atoms with Crippen LogP contribution in [0.15, 0.2) is 42.5 Å². The fraction of sp³-hybridized carbons (Fsp3) is 0.409. The number of likely N-dealkylation sites (N-methyl/N-ethyl adjacent to an activating group) is 1. The minimum absolute atomic E-state index is 0.0759. The predicted octanol–water partition coefficient (Wildman–Crippen LogP) is 2.68. The minimum atomic E-state index is -0.536. The Kier molecular flexibility index (Phi) is 6.39. The topological polar surface area (TPSA) is 67.8 Å². The molecule has 3 rings (SSSR count). The van der Waals surface area contributed by atoms with Crippen LogP contribution in [-0.2, 0) is 4.79 Å². The van der Waals surface area contributed by atoms with E-state index in [1.807, 2.05) is 50.2 Å². The van der Waals surface area contributed by atoms with Crippen LogP contribution in [0, 0.1) is 12.7 Å². The standard InChI is InChI=1S/C22H29FN4O2/c1-14-8-9-16(23)10-19(14)24-15(2)22(29)25-17-6-5-7-18(11-17)27-12-20(26(3)4)21(28)13-27/h5-11,15,20-21,24,28H,12-13H2,1-4H3,(H,25,29)/t15?,20-,21-/m1/s1. The number of anilines is 3. The summed E-state index contributed by atoms with van der Waals surface area (Å²) in [7, 11) is 3.92. The highest BCUT2D eigenvalue weighted by Crippen LogP contribution is 2.25.